The van der Waals surface area contributed by atoms with Crippen LogP contribution in [0.2, 0.25) is 5.02 Å². The fraction of sp³-hybridized carbons (Fsp3) is 0.250. The van der Waals surface area contributed by atoms with Gasteiger partial charge >= 0.3 is 0 Å². The van der Waals surface area contributed by atoms with E-state index in [0.29, 0.717) is 16.3 Å². The van der Waals surface area contributed by atoms with Crippen molar-refractivity contribution in [3.63, 3.8) is 0 Å². The first kappa shape index (κ1) is 22.5. The zero-order valence-electron chi connectivity index (χ0n) is 19.0. The molecule has 34 heavy (non-hydrogen) atoms. The second-order valence-corrected chi connectivity index (χ2v) is 9.27. The number of amides is 1. The number of anilines is 1. The van der Waals surface area contributed by atoms with Crippen LogP contribution in [-0.2, 0) is 6.54 Å². The SMILES string of the molecule is O=C(Nc1ccc2cc(CN3CCCCCC3)cnc2c1)c1ccc(-c2ccc(Cl)cc2)nc1. The quantitative estimate of drug-likeness (QED) is 0.358. The normalized spacial score (nSPS) is 14.6. The molecule has 1 amide bonds. The third-order valence-corrected chi connectivity index (χ3v) is 6.52. The van der Waals surface area contributed by atoms with E-state index in [1.54, 1.807) is 12.3 Å². The van der Waals surface area contributed by atoms with Crippen LogP contribution in [0.1, 0.15) is 41.6 Å². The van der Waals surface area contributed by atoms with Crippen molar-refractivity contribution >= 4 is 34.1 Å². The Labute approximate surface area is 204 Å². The number of fused-ring (bicyclic) bond motifs is 1. The number of likely N-dealkylation sites (tertiary alicyclic amines) is 1. The van der Waals surface area contributed by atoms with Gasteiger partial charge in [-0.25, -0.2) is 0 Å². The molecule has 0 saturated carbocycles. The first-order valence-corrected chi connectivity index (χ1v) is 12.2. The van der Waals surface area contributed by atoms with E-state index < -0.39 is 0 Å². The number of aromatic nitrogens is 2. The lowest BCUT2D eigenvalue weighted by molar-refractivity contribution is 0.102. The molecule has 5 rings (SSSR count). The molecule has 1 N–H and O–H groups in total. The van der Waals surface area contributed by atoms with Crippen molar-refractivity contribution in [2.45, 2.75) is 32.2 Å². The monoisotopic (exact) mass is 470 g/mol. The van der Waals surface area contributed by atoms with E-state index in [4.69, 9.17) is 11.6 Å². The fourth-order valence-corrected chi connectivity index (χ4v) is 4.53. The lowest BCUT2D eigenvalue weighted by Gasteiger charge is -2.19. The van der Waals surface area contributed by atoms with Crippen molar-refractivity contribution in [2.75, 3.05) is 18.4 Å². The van der Waals surface area contributed by atoms with Crippen LogP contribution in [0, 0.1) is 0 Å². The molecule has 0 unspecified atom stereocenters. The minimum Gasteiger partial charge on any atom is -0.322 e. The van der Waals surface area contributed by atoms with E-state index in [2.05, 4.69) is 26.3 Å². The average Bonchev–Trinajstić information content (AvgIpc) is 3.13. The van der Waals surface area contributed by atoms with Crippen LogP contribution in [-0.4, -0.2) is 33.9 Å². The lowest BCUT2D eigenvalue weighted by Crippen LogP contribution is -2.24. The van der Waals surface area contributed by atoms with Crippen LogP contribution in [0.15, 0.2) is 73.1 Å². The topological polar surface area (TPSA) is 58.1 Å². The summed E-state index contributed by atoms with van der Waals surface area (Å²) in [4.78, 5) is 24.4. The smallest absolute Gasteiger partial charge is 0.257 e. The van der Waals surface area contributed by atoms with Crippen LogP contribution < -0.4 is 5.32 Å². The summed E-state index contributed by atoms with van der Waals surface area (Å²) in [6.07, 6.45) is 8.78. The number of benzene rings is 2. The van der Waals surface area contributed by atoms with Crippen molar-refractivity contribution in [3.8, 4) is 11.3 Å². The molecule has 1 aliphatic rings. The molecule has 1 aliphatic heterocycles. The molecule has 6 heteroatoms. The Morgan fingerprint density at radius 3 is 2.41 bits per heavy atom. The molecule has 4 aromatic rings. The molecular formula is C28H27ClN4O. The lowest BCUT2D eigenvalue weighted by atomic mass is 10.1. The maximum absolute atomic E-state index is 12.8. The highest BCUT2D eigenvalue weighted by atomic mass is 35.5. The first-order chi connectivity index (χ1) is 16.6. The molecule has 0 spiro atoms. The number of carbonyl (C=O) groups is 1. The number of nitrogens with one attached hydrogen (secondary N) is 1. The van der Waals surface area contributed by atoms with Crippen molar-refractivity contribution in [1.82, 2.24) is 14.9 Å². The third kappa shape index (κ3) is 5.44. The van der Waals surface area contributed by atoms with Crippen LogP contribution >= 0.6 is 11.6 Å². The van der Waals surface area contributed by atoms with Gasteiger partial charge in [0.2, 0.25) is 0 Å². The summed E-state index contributed by atoms with van der Waals surface area (Å²) in [6, 6.07) is 19.1. The van der Waals surface area contributed by atoms with Crippen LogP contribution in [0.4, 0.5) is 5.69 Å². The molecule has 0 atom stereocenters. The molecule has 1 fully saturated rings. The molecule has 2 aromatic heterocycles. The highest BCUT2D eigenvalue weighted by molar-refractivity contribution is 6.30. The van der Waals surface area contributed by atoms with Gasteiger partial charge in [-0.2, -0.15) is 0 Å². The van der Waals surface area contributed by atoms with Crippen LogP contribution in [0.25, 0.3) is 22.2 Å². The number of nitrogens with zero attached hydrogens (tertiary/aromatic N) is 3. The van der Waals surface area contributed by atoms with Gasteiger partial charge in [0.25, 0.3) is 5.91 Å². The summed E-state index contributed by atoms with van der Waals surface area (Å²) in [5.41, 5.74) is 5.06. The maximum atomic E-state index is 12.8. The van der Waals surface area contributed by atoms with Gasteiger partial charge in [0.05, 0.1) is 16.8 Å². The summed E-state index contributed by atoms with van der Waals surface area (Å²) < 4.78 is 0. The van der Waals surface area contributed by atoms with Gasteiger partial charge in [0, 0.05) is 40.6 Å². The van der Waals surface area contributed by atoms with E-state index >= 15 is 0 Å². The van der Waals surface area contributed by atoms with E-state index in [9.17, 15) is 4.79 Å². The van der Waals surface area contributed by atoms with Gasteiger partial charge in [0.1, 0.15) is 0 Å². The second-order valence-electron chi connectivity index (χ2n) is 8.83. The Morgan fingerprint density at radius 1 is 0.882 bits per heavy atom. The largest absolute Gasteiger partial charge is 0.322 e. The van der Waals surface area contributed by atoms with Gasteiger partial charge in [-0.1, -0.05) is 42.6 Å². The Hall–Kier alpha value is -3.28. The van der Waals surface area contributed by atoms with Gasteiger partial charge in [-0.05, 0) is 74.0 Å². The van der Waals surface area contributed by atoms with E-state index in [-0.39, 0.29) is 5.91 Å². The number of halogens is 1. The molecule has 0 radical (unpaired) electrons. The zero-order chi connectivity index (χ0) is 23.3. The molecule has 1 saturated heterocycles. The van der Waals surface area contributed by atoms with Crippen LogP contribution in [0.3, 0.4) is 0 Å². The second kappa shape index (κ2) is 10.3. The minimum absolute atomic E-state index is 0.202. The Bertz CT molecular complexity index is 1280. The van der Waals surface area contributed by atoms with Gasteiger partial charge in [-0.3, -0.25) is 19.7 Å². The molecule has 3 heterocycles. The van der Waals surface area contributed by atoms with E-state index in [0.717, 1.165) is 28.7 Å². The number of carbonyl (C=O) groups excluding carboxylic acids is 1. The van der Waals surface area contributed by atoms with Crippen molar-refractivity contribution in [3.05, 3.63) is 89.2 Å². The third-order valence-electron chi connectivity index (χ3n) is 6.27. The Balaban J connectivity index is 1.25. The van der Waals surface area contributed by atoms with Gasteiger partial charge in [0.15, 0.2) is 0 Å². The van der Waals surface area contributed by atoms with Crippen LogP contribution in [0.5, 0.6) is 0 Å². The van der Waals surface area contributed by atoms with Gasteiger partial charge in [-0.15, -0.1) is 0 Å². The zero-order valence-corrected chi connectivity index (χ0v) is 19.8. The summed E-state index contributed by atoms with van der Waals surface area (Å²) in [7, 11) is 0. The highest BCUT2D eigenvalue weighted by Gasteiger charge is 2.11. The average molecular weight is 471 g/mol. The molecule has 172 valence electrons. The molecular weight excluding hydrogens is 444 g/mol. The standard InChI is InChI=1S/C28H27ClN4O/c29-24-9-5-21(6-10-24)26-12-8-23(18-31-26)28(34)32-25-11-7-22-15-20(17-30-27(22)16-25)19-33-13-3-1-2-4-14-33/h5-12,15-18H,1-4,13-14,19H2,(H,32,34). The number of hydrogen-bond donors (Lipinski definition) is 1. The summed E-state index contributed by atoms with van der Waals surface area (Å²) in [5, 5.41) is 4.72. The minimum atomic E-state index is -0.202. The number of rotatable bonds is 5. The first-order valence-electron chi connectivity index (χ1n) is 11.8. The summed E-state index contributed by atoms with van der Waals surface area (Å²) >= 11 is 5.95. The van der Waals surface area contributed by atoms with E-state index in [1.807, 2.05) is 54.7 Å². The van der Waals surface area contributed by atoms with Gasteiger partial charge < -0.3 is 5.32 Å². The van der Waals surface area contributed by atoms with E-state index in [1.165, 1.54) is 44.3 Å². The van der Waals surface area contributed by atoms with Crippen molar-refractivity contribution < 1.29 is 4.79 Å². The summed E-state index contributed by atoms with van der Waals surface area (Å²) in [5.74, 6) is -0.202. The Morgan fingerprint density at radius 2 is 1.68 bits per heavy atom. The van der Waals surface area contributed by atoms with Crippen molar-refractivity contribution in [2.24, 2.45) is 0 Å². The molecule has 5 nitrogen and oxygen atoms in total. The highest BCUT2D eigenvalue weighted by Crippen LogP contribution is 2.22. The predicted octanol–water partition coefficient (Wildman–Crippen LogP) is 6.58. The Kier molecular flexibility index (Phi) is 6.84. The molecule has 2 aromatic carbocycles. The molecule has 0 bridgehead atoms. The predicted molar refractivity (Wildman–Crippen MR) is 138 cm³/mol. The summed E-state index contributed by atoms with van der Waals surface area (Å²) in [6.45, 7) is 3.28. The van der Waals surface area contributed by atoms with Crippen molar-refractivity contribution in [1.29, 1.82) is 0 Å². The fourth-order valence-electron chi connectivity index (χ4n) is 4.41. The molecule has 0 aliphatic carbocycles. The number of pyridine rings is 2. The maximum Gasteiger partial charge on any atom is 0.257 e. The number of hydrogen-bond acceptors (Lipinski definition) is 4.